The van der Waals surface area contributed by atoms with Crippen LogP contribution >= 0.6 is 22.9 Å². The average molecular weight is 1070 g/mol. The molecule has 0 spiro atoms. The number of amides is 2. The Bertz CT molecular complexity index is 3080. The number of nitrogens with one attached hydrogen (secondary N) is 1. The molecular weight excluding hydrogens is 1010 g/mol. The van der Waals surface area contributed by atoms with Gasteiger partial charge < -0.3 is 30.4 Å². The number of carboxylic acids is 1. The van der Waals surface area contributed by atoms with Gasteiger partial charge in [-0.3, -0.25) is 28.6 Å². The number of hydrogen-bond donors (Lipinski definition) is 4. The van der Waals surface area contributed by atoms with Gasteiger partial charge in [0.15, 0.2) is 11.6 Å². The summed E-state index contributed by atoms with van der Waals surface area (Å²) < 4.78 is 35.5. The number of halogens is 4. The minimum absolute atomic E-state index is 0.00177. The van der Waals surface area contributed by atoms with Crippen molar-refractivity contribution in [1.82, 2.24) is 49.5 Å². The molecule has 75 heavy (non-hydrogen) atoms. The minimum atomic E-state index is -5.08. The van der Waals surface area contributed by atoms with Gasteiger partial charge in [-0.1, -0.05) is 49.7 Å². The highest BCUT2D eigenvalue weighted by Gasteiger charge is 2.38. The molecular formula is C53H61ClF3N11O6S. The summed E-state index contributed by atoms with van der Waals surface area (Å²) in [4.78, 5) is 50.0. The number of hydrogen-bond acceptors (Lipinski definition) is 13. The number of likely N-dealkylation sites (tertiary alicyclic amines) is 1. The Kier molecular flexibility index (Phi) is 16.5. The first kappa shape index (κ1) is 54.6. The number of alkyl halides is 3. The van der Waals surface area contributed by atoms with Crippen molar-refractivity contribution < 1.29 is 42.9 Å². The molecule has 3 aliphatic heterocycles. The van der Waals surface area contributed by atoms with Crippen molar-refractivity contribution >= 4 is 46.4 Å². The topological polar surface area (TPSA) is 207 Å². The highest BCUT2D eigenvalue weighted by Crippen LogP contribution is 2.41. The van der Waals surface area contributed by atoms with Gasteiger partial charge in [0.2, 0.25) is 11.7 Å². The van der Waals surface area contributed by atoms with Gasteiger partial charge in [0.05, 0.1) is 17.7 Å². The van der Waals surface area contributed by atoms with E-state index in [2.05, 4.69) is 66.1 Å². The van der Waals surface area contributed by atoms with Crippen molar-refractivity contribution in [2.45, 2.75) is 98.5 Å². The average Bonchev–Trinajstić information content (AvgIpc) is 4.04. The smallest absolute Gasteiger partial charge is 0.490 e. The zero-order valence-electron chi connectivity index (χ0n) is 42.8. The number of carbonyl (C=O) groups is 3. The summed E-state index contributed by atoms with van der Waals surface area (Å²) in [6, 6.07) is 18.2. The van der Waals surface area contributed by atoms with Gasteiger partial charge in [0.1, 0.15) is 28.4 Å². The number of thiophene rings is 1. The van der Waals surface area contributed by atoms with Crippen LogP contribution in [-0.4, -0.2) is 141 Å². The van der Waals surface area contributed by atoms with Crippen molar-refractivity contribution in [2.75, 3.05) is 45.8 Å². The van der Waals surface area contributed by atoms with Crippen molar-refractivity contribution in [3.05, 3.63) is 116 Å². The van der Waals surface area contributed by atoms with Crippen molar-refractivity contribution in [3.8, 4) is 33.6 Å². The number of aromatic nitrogens is 6. The SMILES string of the molecule is Cc1sc2c(c1C)C(c1ccc(Cl)cc1)=N[C@@H](CC(=O)N1CCC(CN3CCN(Cc4ccc(-n5c(C(=O)NC(C)C)nnc5-c5cc(C(C)C)c(O)cc5O)cc4)CC3)CC1)c1nnc(C)n1-2.O=C(O)C(F)(F)F. The van der Waals surface area contributed by atoms with E-state index in [-0.39, 0.29) is 47.5 Å². The Labute approximate surface area is 441 Å². The van der Waals surface area contributed by atoms with Crippen LogP contribution in [-0.2, 0) is 16.1 Å². The molecule has 22 heteroatoms. The van der Waals surface area contributed by atoms with Gasteiger partial charge in [0, 0.05) is 91.2 Å². The number of aliphatic carboxylic acids is 1. The molecule has 9 rings (SSSR count). The predicted octanol–water partition coefficient (Wildman–Crippen LogP) is 8.80. The van der Waals surface area contributed by atoms with Gasteiger partial charge in [0.25, 0.3) is 5.91 Å². The third-order valence-corrected chi connectivity index (χ3v) is 15.3. The van der Waals surface area contributed by atoms with Crippen LogP contribution in [0.15, 0.2) is 65.7 Å². The first-order valence-electron chi connectivity index (χ1n) is 24.9. The normalized spacial score (nSPS) is 16.5. The van der Waals surface area contributed by atoms with E-state index in [1.165, 1.54) is 16.5 Å². The number of carbonyl (C=O) groups excluding carboxylic acids is 2. The zero-order chi connectivity index (χ0) is 54.0. The summed E-state index contributed by atoms with van der Waals surface area (Å²) in [5.41, 5.74) is 6.89. The Morgan fingerprint density at radius 2 is 1.47 bits per heavy atom. The number of piperidine rings is 1. The Morgan fingerprint density at radius 3 is 2.08 bits per heavy atom. The van der Waals surface area contributed by atoms with Crippen LogP contribution in [0.1, 0.15) is 114 Å². The zero-order valence-corrected chi connectivity index (χ0v) is 44.4. The summed E-state index contributed by atoms with van der Waals surface area (Å²) >= 11 is 8.01. The maximum Gasteiger partial charge on any atom is 0.490 e. The number of aromatic hydroxyl groups is 2. The molecule has 3 aromatic heterocycles. The summed E-state index contributed by atoms with van der Waals surface area (Å²) in [5.74, 6) is -0.802. The van der Waals surface area contributed by atoms with E-state index in [0.717, 1.165) is 98.4 Å². The molecule has 0 aliphatic carbocycles. The highest BCUT2D eigenvalue weighted by molar-refractivity contribution is 7.15. The number of aryl methyl sites for hydroxylation is 2. The molecule has 0 bridgehead atoms. The van der Waals surface area contributed by atoms with E-state index in [9.17, 15) is 33.0 Å². The fourth-order valence-corrected chi connectivity index (χ4v) is 11.0. The van der Waals surface area contributed by atoms with Crippen molar-refractivity contribution in [1.29, 1.82) is 0 Å². The Balaban J connectivity index is 0.000000997. The maximum absolute atomic E-state index is 14.1. The molecule has 0 radical (unpaired) electrons. The molecule has 3 aromatic carbocycles. The van der Waals surface area contributed by atoms with Crippen LogP contribution < -0.4 is 5.32 Å². The van der Waals surface area contributed by atoms with Gasteiger partial charge in [-0.15, -0.1) is 31.7 Å². The van der Waals surface area contributed by atoms with E-state index in [1.54, 1.807) is 22.0 Å². The number of benzene rings is 3. The Hall–Kier alpha value is -6.68. The lowest BCUT2D eigenvalue weighted by Gasteiger charge is -2.39. The molecule has 0 saturated carbocycles. The van der Waals surface area contributed by atoms with Gasteiger partial charge in [-0.05, 0) is 106 Å². The first-order chi connectivity index (χ1) is 35.6. The van der Waals surface area contributed by atoms with Gasteiger partial charge in [-0.2, -0.15) is 13.2 Å². The summed E-state index contributed by atoms with van der Waals surface area (Å²) in [7, 11) is 0. The minimum Gasteiger partial charge on any atom is -0.508 e. The fourth-order valence-electron chi connectivity index (χ4n) is 9.71. The maximum atomic E-state index is 14.1. The number of piperazine rings is 1. The lowest BCUT2D eigenvalue weighted by molar-refractivity contribution is -0.192. The van der Waals surface area contributed by atoms with E-state index in [4.69, 9.17) is 26.5 Å². The standard InChI is InChI=1S/C51H60ClN11O4S.C2HF3O2/c1-29(2)39-24-40(43(65)26-42(39)64)47-56-58-49(50(67)53-30(3)4)63(47)38-14-8-34(9-15-38)27-59-20-22-60(23-21-59)28-35-16-18-61(19-17-35)44(66)25-41-48-57-55-33(7)62(48)51-45(31(5)32(6)68-51)46(54-41)36-10-12-37(52)13-11-36;3-2(4,5)1(6)7/h8-15,24,26,29-30,35,41,64-65H,16-23,25,27-28H2,1-7H3,(H,53,67);(H,6,7)/t41-;/m0./s1. The third kappa shape index (κ3) is 12.2. The molecule has 6 aromatic rings. The second-order valence-corrected chi connectivity index (χ2v) is 21.5. The number of phenols is 2. The molecule has 17 nitrogen and oxygen atoms in total. The number of aliphatic imine (C=N–C) groups is 1. The van der Waals surface area contributed by atoms with Crippen LogP contribution in [0.5, 0.6) is 11.5 Å². The molecule has 398 valence electrons. The van der Waals surface area contributed by atoms with Crippen molar-refractivity contribution in [3.63, 3.8) is 0 Å². The fraction of sp³-hybridized carbons (Fsp3) is 0.434. The Morgan fingerprint density at radius 1 is 0.827 bits per heavy atom. The number of rotatable bonds is 12. The van der Waals surface area contributed by atoms with Crippen LogP contribution in [0, 0.1) is 26.7 Å². The molecule has 2 fully saturated rings. The van der Waals surface area contributed by atoms with Crippen LogP contribution in [0.25, 0.3) is 22.1 Å². The van der Waals surface area contributed by atoms with E-state index < -0.39 is 18.2 Å². The largest absolute Gasteiger partial charge is 0.508 e. The van der Waals surface area contributed by atoms with Crippen molar-refractivity contribution in [2.24, 2.45) is 10.9 Å². The molecule has 2 amide bonds. The number of nitrogens with zero attached hydrogens (tertiary/aromatic N) is 10. The van der Waals surface area contributed by atoms with Crippen LogP contribution in [0.4, 0.5) is 13.2 Å². The van der Waals surface area contributed by atoms with Crippen LogP contribution in [0.2, 0.25) is 5.02 Å². The molecule has 2 saturated heterocycles. The first-order valence-corrected chi connectivity index (χ1v) is 26.1. The quantitative estimate of drug-likeness (QED) is 0.0907. The molecule has 4 N–H and O–H groups in total. The van der Waals surface area contributed by atoms with E-state index in [1.807, 2.05) is 75.9 Å². The summed E-state index contributed by atoms with van der Waals surface area (Å²) in [6.45, 7) is 21.0. The van der Waals surface area contributed by atoms with Gasteiger partial charge in [-0.25, -0.2) is 4.79 Å². The number of carboxylic acid groups (broad SMARTS) is 1. The molecule has 6 heterocycles. The van der Waals surface area contributed by atoms with Crippen LogP contribution in [0.3, 0.4) is 0 Å². The molecule has 3 aliphatic rings. The molecule has 0 unspecified atom stereocenters. The van der Waals surface area contributed by atoms with Gasteiger partial charge >= 0.3 is 12.1 Å². The van der Waals surface area contributed by atoms with E-state index >= 15 is 0 Å². The number of phenolic OH excluding ortho intramolecular Hbond substituents is 2. The lowest BCUT2D eigenvalue weighted by atomic mass is 9.95. The summed E-state index contributed by atoms with van der Waals surface area (Å²) in [6.07, 6.45) is -2.93. The third-order valence-electron chi connectivity index (χ3n) is 13.8. The molecule has 1 atom stereocenters. The second-order valence-electron chi connectivity index (χ2n) is 19.9. The lowest BCUT2D eigenvalue weighted by Crippen LogP contribution is -2.48. The predicted molar refractivity (Wildman–Crippen MR) is 279 cm³/mol. The number of fused-ring (bicyclic) bond motifs is 3. The monoisotopic (exact) mass is 1070 g/mol. The summed E-state index contributed by atoms with van der Waals surface area (Å²) in [5, 5.41) is 51.0. The highest BCUT2D eigenvalue weighted by atomic mass is 35.5. The second kappa shape index (κ2) is 22.7. The van der Waals surface area contributed by atoms with E-state index in [0.29, 0.717) is 39.4 Å².